The first-order valence-corrected chi connectivity index (χ1v) is 5.64. The van der Waals surface area contributed by atoms with Crippen LogP contribution in [0.1, 0.15) is 11.1 Å². The zero-order chi connectivity index (χ0) is 11.1. The molecule has 0 bridgehead atoms. The summed E-state index contributed by atoms with van der Waals surface area (Å²) in [6.07, 6.45) is 0. The van der Waals surface area contributed by atoms with Crippen molar-refractivity contribution in [2.45, 2.75) is 13.8 Å². The predicted octanol–water partition coefficient (Wildman–Crippen LogP) is 4.61. The maximum absolute atomic E-state index is 2.27. The number of hydrogen-bond donors (Lipinski definition) is 0. The van der Waals surface area contributed by atoms with Gasteiger partial charge >= 0.3 is 0 Å². The summed E-state index contributed by atoms with van der Waals surface area (Å²) in [4.78, 5) is 0. The molecule has 0 amide bonds. The Hall–Kier alpha value is -1.82. The lowest BCUT2D eigenvalue weighted by molar-refractivity contribution is 1.50. The normalized spacial score (nSPS) is 11.1. The lowest BCUT2D eigenvalue weighted by Crippen LogP contribution is -1.80. The Labute approximate surface area is 95.5 Å². The van der Waals surface area contributed by atoms with Crippen LogP contribution in [0.5, 0.6) is 0 Å². The fourth-order valence-corrected chi connectivity index (χ4v) is 2.28. The second-order valence-corrected chi connectivity index (χ2v) is 4.51. The largest absolute Gasteiger partial charge is 0.0587 e. The zero-order valence-corrected chi connectivity index (χ0v) is 9.62. The van der Waals surface area contributed by atoms with E-state index in [0.717, 1.165) is 0 Å². The summed E-state index contributed by atoms with van der Waals surface area (Å²) in [5, 5.41) is 5.37. The van der Waals surface area contributed by atoms with Crippen molar-refractivity contribution in [2.24, 2.45) is 0 Å². The molecule has 3 aromatic rings. The maximum atomic E-state index is 2.27. The molecule has 3 aromatic carbocycles. The highest BCUT2D eigenvalue weighted by Crippen LogP contribution is 2.26. The van der Waals surface area contributed by atoms with E-state index in [-0.39, 0.29) is 0 Å². The van der Waals surface area contributed by atoms with Gasteiger partial charge in [-0.15, -0.1) is 0 Å². The monoisotopic (exact) mass is 206 g/mol. The molecule has 0 fully saturated rings. The molecule has 0 spiro atoms. The van der Waals surface area contributed by atoms with E-state index in [1.165, 1.54) is 32.7 Å². The van der Waals surface area contributed by atoms with Gasteiger partial charge in [-0.1, -0.05) is 59.7 Å². The first kappa shape index (κ1) is 9.41. The third-order valence-corrected chi connectivity index (χ3v) is 3.15. The van der Waals surface area contributed by atoms with E-state index in [9.17, 15) is 0 Å². The Balaban J connectivity index is 2.55. The van der Waals surface area contributed by atoms with Crippen LogP contribution in [-0.4, -0.2) is 0 Å². The van der Waals surface area contributed by atoms with Crippen molar-refractivity contribution in [3.63, 3.8) is 0 Å². The van der Waals surface area contributed by atoms with Crippen LogP contribution in [0.4, 0.5) is 0 Å². The molecule has 0 aliphatic rings. The minimum absolute atomic E-state index is 1.32. The van der Waals surface area contributed by atoms with Crippen molar-refractivity contribution >= 4 is 21.5 Å². The van der Waals surface area contributed by atoms with Crippen molar-refractivity contribution in [1.29, 1.82) is 0 Å². The Morgan fingerprint density at radius 3 is 1.38 bits per heavy atom. The van der Waals surface area contributed by atoms with Gasteiger partial charge in [-0.2, -0.15) is 0 Å². The van der Waals surface area contributed by atoms with Crippen molar-refractivity contribution in [2.75, 3.05) is 0 Å². The van der Waals surface area contributed by atoms with Gasteiger partial charge in [0.15, 0.2) is 0 Å². The summed E-state index contributed by atoms with van der Waals surface area (Å²) in [7, 11) is 0. The summed E-state index contributed by atoms with van der Waals surface area (Å²) in [5.74, 6) is 0. The molecule has 16 heavy (non-hydrogen) atoms. The standard InChI is InChI=1S/C16H14/c1-11-3-5-13-7-8-14-6-4-12(2)10-16(14)15(13)9-11/h3-10H,1-2H3. The van der Waals surface area contributed by atoms with Gasteiger partial charge in [-0.3, -0.25) is 0 Å². The summed E-state index contributed by atoms with van der Waals surface area (Å²) in [6.45, 7) is 4.29. The van der Waals surface area contributed by atoms with Gasteiger partial charge in [0.2, 0.25) is 0 Å². The number of fused-ring (bicyclic) bond motifs is 3. The quantitative estimate of drug-likeness (QED) is 0.471. The van der Waals surface area contributed by atoms with E-state index in [4.69, 9.17) is 0 Å². The van der Waals surface area contributed by atoms with E-state index >= 15 is 0 Å². The molecular weight excluding hydrogens is 192 g/mol. The smallest absolute Gasteiger partial charge is 0.0103 e. The Morgan fingerprint density at radius 1 is 0.562 bits per heavy atom. The number of aryl methyl sites for hydroxylation is 2. The van der Waals surface area contributed by atoms with Gasteiger partial charge < -0.3 is 0 Å². The Kier molecular flexibility index (Phi) is 1.97. The van der Waals surface area contributed by atoms with Gasteiger partial charge in [0, 0.05) is 0 Å². The fraction of sp³-hybridized carbons (Fsp3) is 0.125. The van der Waals surface area contributed by atoms with Crippen LogP contribution in [0.3, 0.4) is 0 Å². The molecular formula is C16H14. The number of rotatable bonds is 0. The Morgan fingerprint density at radius 2 is 0.938 bits per heavy atom. The molecule has 0 N–H and O–H groups in total. The van der Waals surface area contributed by atoms with Gasteiger partial charge in [-0.05, 0) is 35.4 Å². The van der Waals surface area contributed by atoms with Crippen molar-refractivity contribution < 1.29 is 0 Å². The van der Waals surface area contributed by atoms with Crippen molar-refractivity contribution in [3.05, 3.63) is 59.7 Å². The maximum Gasteiger partial charge on any atom is -0.0103 e. The first-order valence-electron chi connectivity index (χ1n) is 5.64. The minimum Gasteiger partial charge on any atom is -0.0587 e. The van der Waals surface area contributed by atoms with Crippen molar-refractivity contribution in [3.8, 4) is 0 Å². The average molecular weight is 206 g/mol. The van der Waals surface area contributed by atoms with E-state index in [0.29, 0.717) is 0 Å². The predicted molar refractivity (Wildman–Crippen MR) is 70.9 cm³/mol. The number of benzene rings is 3. The second kappa shape index (κ2) is 3.34. The minimum atomic E-state index is 1.32. The molecule has 0 aromatic heterocycles. The molecule has 3 rings (SSSR count). The molecule has 0 heteroatoms. The van der Waals surface area contributed by atoms with Crippen LogP contribution < -0.4 is 0 Å². The molecule has 0 unspecified atom stereocenters. The van der Waals surface area contributed by atoms with Gasteiger partial charge in [-0.25, -0.2) is 0 Å². The van der Waals surface area contributed by atoms with Gasteiger partial charge in [0.05, 0.1) is 0 Å². The van der Waals surface area contributed by atoms with E-state index in [1.54, 1.807) is 0 Å². The Bertz CT molecular complexity index is 617. The molecule has 0 aliphatic carbocycles. The summed E-state index contributed by atoms with van der Waals surface area (Å²) in [6, 6.07) is 17.7. The number of hydrogen-bond acceptors (Lipinski definition) is 0. The van der Waals surface area contributed by atoms with Crippen LogP contribution in [0.15, 0.2) is 48.5 Å². The molecule has 0 heterocycles. The van der Waals surface area contributed by atoms with Crippen LogP contribution in [0, 0.1) is 13.8 Å². The fourth-order valence-electron chi connectivity index (χ4n) is 2.28. The van der Waals surface area contributed by atoms with Crippen molar-refractivity contribution in [1.82, 2.24) is 0 Å². The molecule has 78 valence electrons. The lowest BCUT2D eigenvalue weighted by Gasteiger charge is -2.05. The molecule has 0 radical (unpaired) electrons. The third kappa shape index (κ3) is 1.38. The molecule has 0 saturated carbocycles. The summed E-state index contributed by atoms with van der Waals surface area (Å²) >= 11 is 0. The summed E-state index contributed by atoms with van der Waals surface area (Å²) < 4.78 is 0. The highest BCUT2D eigenvalue weighted by Gasteiger charge is 2.00. The molecule has 0 aliphatic heterocycles. The molecule has 0 saturated heterocycles. The second-order valence-electron chi connectivity index (χ2n) is 4.51. The van der Waals surface area contributed by atoms with E-state index in [1.807, 2.05) is 0 Å². The van der Waals surface area contributed by atoms with E-state index in [2.05, 4.69) is 62.4 Å². The first-order chi connectivity index (χ1) is 7.74. The van der Waals surface area contributed by atoms with Crippen LogP contribution in [0.25, 0.3) is 21.5 Å². The SMILES string of the molecule is Cc1ccc2ccc3ccc(C)cc3c2c1. The highest BCUT2D eigenvalue weighted by atomic mass is 14.0. The van der Waals surface area contributed by atoms with Crippen LogP contribution in [-0.2, 0) is 0 Å². The molecule has 0 nitrogen and oxygen atoms in total. The van der Waals surface area contributed by atoms with Crippen LogP contribution >= 0.6 is 0 Å². The lowest BCUT2D eigenvalue weighted by atomic mass is 9.99. The topological polar surface area (TPSA) is 0 Å². The molecule has 0 atom stereocenters. The summed E-state index contributed by atoms with van der Waals surface area (Å²) in [5.41, 5.74) is 2.64. The van der Waals surface area contributed by atoms with Crippen LogP contribution in [0.2, 0.25) is 0 Å². The third-order valence-electron chi connectivity index (χ3n) is 3.15. The average Bonchev–Trinajstić information content (AvgIpc) is 2.29. The van der Waals surface area contributed by atoms with Gasteiger partial charge in [0.1, 0.15) is 0 Å². The van der Waals surface area contributed by atoms with Gasteiger partial charge in [0.25, 0.3) is 0 Å². The highest BCUT2D eigenvalue weighted by molar-refractivity contribution is 6.07. The van der Waals surface area contributed by atoms with E-state index < -0.39 is 0 Å². The zero-order valence-electron chi connectivity index (χ0n) is 9.62.